The monoisotopic (exact) mass is 297 g/mol. The number of hydrogen-bond donors (Lipinski definition) is 1. The Morgan fingerprint density at radius 2 is 1.86 bits per heavy atom. The van der Waals surface area contributed by atoms with Crippen LogP contribution in [0.4, 0.5) is 0 Å². The minimum absolute atomic E-state index is 0.0344. The number of aliphatic hydroxyl groups is 1. The molecule has 0 atom stereocenters. The fourth-order valence-electron chi connectivity index (χ4n) is 3.47. The molecule has 1 heterocycles. The molecule has 116 valence electrons. The summed E-state index contributed by atoms with van der Waals surface area (Å²) in [7, 11) is 0. The zero-order valence-corrected chi connectivity index (χ0v) is 13.3. The minimum Gasteiger partial charge on any atom is -0.391 e. The van der Waals surface area contributed by atoms with Gasteiger partial charge in [-0.2, -0.15) is 0 Å². The van der Waals surface area contributed by atoms with Crippen LogP contribution in [0.5, 0.6) is 0 Å². The summed E-state index contributed by atoms with van der Waals surface area (Å²) in [6.07, 6.45) is 4.44. The number of aliphatic hydroxyl groups excluding tert-OH is 1. The molecule has 0 aliphatic heterocycles. The largest absolute Gasteiger partial charge is 0.391 e. The number of aryl methyl sites for hydroxylation is 2. The summed E-state index contributed by atoms with van der Waals surface area (Å²) in [5.41, 5.74) is 4.92. The Hall–Kier alpha value is -1.87. The lowest BCUT2D eigenvalue weighted by molar-refractivity contribution is 0.278. The first-order valence-corrected chi connectivity index (χ1v) is 8.04. The van der Waals surface area contributed by atoms with E-state index in [4.69, 9.17) is 0 Å². The SMILES string of the molecule is Cc1ccc(C)c(-c2ccc(CO)c(=O)n2C2CCCC2)c1. The summed E-state index contributed by atoms with van der Waals surface area (Å²) in [5, 5.41) is 9.43. The zero-order chi connectivity index (χ0) is 15.7. The molecule has 3 heteroatoms. The molecule has 0 radical (unpaired) electrons. The molecule has 3 nitrogen and oxygen atoms in total. The molecule has 3 rings (SSSR count). The van der Waals surface area contributed by atoms with Crippen LogP contribution >= 0.6 is 0 Å². The molecule has 1 aliphatic carbocycles. The fourth-order valence-corrected chi connectivity index (χ4v) is 3.47. The third-order valence-electron chi connectivity index (χ3n) is 4.72. The van der Waals surface area contributed by atoms with E-state index in [9.17, 15) is 9.90 Å². The number of benzene rings is 1. The normalized spacial score (nSPS) is 15.4. The van der Waals surface area contributed by atoms with Gasteiger partial charge in [-0.1, -0.05) is 30.5 Å². The van der Waals surface area contributed by atoms with Gasteiger partial charge in [0.25, 0.3) is 5.56 Å². The van der Waals surface area contributed by atoms with Gasteiger partial charge in [-0.3, -0.25) is 4.79 Å². The van der Waals surface area contributed by atoms with Crippen molar-refractivity contribution in [1.29, 1.82) is 0 Å². The van der Waals surface area contributed by atoms with Crippen molar-refractivity contribution in [2.45, 2.75) is 52.2 Å². The van der Waals surface area contributed by atoms with Crippen LogP contribution in [0.25, 0.3) is 11.3 Å². The van der Waals surface area contributed by atoms with Crippen molar-refractivity contribution in [3.8, 4) is 11.3 Å². The molecule has 1 aliphatic rings. The van der Waals surface area contributed by atoms with Gasteiger partial charge in [0.15, 0.2) is 0 Å². The van der Waals surface area contributed by atoms with Gasteiger partial charge in [0.1, 0.15) is 0 Å². The second-order valence-electron chi connectivity index (χ2n) is 6.33. The highest BCUT2D eigenvalue weighted by atomic mass is 16.3. The maximum Gasteiger partial charge on any atom is 0.256 e. The Bertz CT molecular complexity index is 740. The molecule has 1 saturated carbocycles. The van der Waals surface area contributed by atoms with Gasteiger partial charge in [-0.15, -0.1) is 0 Å². The molecule has 0 spiro atoms. The maximum absolute atomic E-state index is 12.8. The van der Waals surface area contributed by atoms with E-state index in [2.05, 4.69) is 32.0 Å². The van der Waals surface area contributed by atoms with Crippen LogP contribution in [0.2, 0.25) is 0 Å². The van der Waals surface area contributed by atoms with Crippen LogP contribution in [0.15, 0.2) is 35.1 Å². The van der Waals surface area contributed by atoms with Crippen LogP contribution in [-0.4, -0.2) is 9.67 Å². The summed E-state index contributed by atoms with van der Waals surface area (Å²) in [5.74, 6) is 0. The molecule has 2 aromatic rings. The average molecular weight is 297 g/mol. The lowest BCUT2D eigenvalue weighted by atomic mass is 10.0. The Kier molecular flexibility index (Phi) is 4.16. The molecule has 0 unspecified atom stereocenters. The Balaban J connectivity index is 2.24. The highest BCUT2D eigenvalue weighted by molar-refractivity contribution is 5.65. The van der Waals surface area contributed by atoms with Crippen molar-refractivity contribution >= 4 is 0 Å². The Morgan fingerprint density at radius 1 is 1.14 bits per heavy atom. The topological polar surface area (TPSA) is 42.2 Å². The summed E-state index contributed by atoms with van der Waals surface area (Å²) in [6.45, 7) is 3.96. The standard InChI is InChI=1S/C19H23NO2/c1-13-7-8-14(2)17(11-13)18-10-9-15(12-21)19(22)20(18)16-5-3-4-6-16/h7-11,16,21H,3-6,12H2,1-2H3. The molecule has 22 heavy (non-hydrogen) atoms. The van der Waals surface area contributed by atoms with E-state index in [0.29, 0.717) is 5.56 Å². The number of nitrogens with zero attached hydrogens (tertiary/aromatic N) is 1. The summed E-state index contributed by atoms with van der Waals surface area (Å²) >= 11 is 0. The van der Waals surface area contributed by atoms with Crippen molar-refractivity contribution in [2.24, 2.45) is 0 Å². The highest BCUT2D eigenvalue weighted by Gasteiger charge is 2.22. The van der Waals surface area contributed by atoms with Crippen LogP contribution < -0.4 is 5.56 Å². The quantitative estimate of drug-likeness (QED) is 0.937. The minimum atomic E-state index is -0.196. The zero-order valence-electron chi connectivity index (χ0n) is 13.3. The van der Waals surface area contributed by atoms with E-state index < -0.39 is 0 Å². The van der Waals surface area contributed by atoms with Crippen molar-refractivity contribution in [2.75, 3.05) is 0 Å². The van der Waals surface area contributed by atoms with Gasteiger partial charge in [-0.25, -0.2) is 0 Å². The first-order valence-electron chi connectivity index (χ1n) is 8.04. The molecule has 0 saturated heterocycles. The van der Waals surface area contributed by atoms with Crippen molar-refractivity contribution < 1.29 is 5.11 Å². The summed E-state index contributed by atoms with van der Waals surface area (Å²) in [6, 6.07) is 10.4. The maximum atomic E-state index is 12.8. The number of hydrogen-bond acceptors (Lipinski definition) is 2. The van der Waals surface area contributed by atoms with Gasteiger partial charge in [0, 0.05) is 17.2 Å². The highest BCUT2D eigenvalue weighted by Crippen LogP contribution is 2.33. The molecule has 1 N–H and O–H groups in total. The molecule has 1 aromatic carbocycles. The average Bonchev–Trinajstić information content (AvgIpc) is 3.03. The Labute approximate surface area is 131 Å². The van der Waals surface area contributed by atoms with E-state index in [0.717, 1.165) is 24.1 Å². The molecule has 0 amide bonds. The van der Waals surface area contributed by atoms with E-state index >= 15 is 0 Å². The molecule has 0 bridgehead atoms. The van der Waals surface area contributed by atoms with Crippen LogP contribution in [0, 0.1) is 13.8 Å². The number of aromatic nitrogens is 1. The van der Waals surface area contributed by atoms with Gasteiger partial charge in [0.2, 0.25) is 0 Å². The first-order chi connectivity index (χ1) is 10.6. The Morgan fingerprint density at radius 3 is 2.55 bits per heavy atom. The van der Waals surface area contributed by atoms with Crippen molar-refractivity contribution in [3.63, 3.8) is 0 Å². The lowest BCUT2D eigenvalue weighted by Gasteiger charge is -2.21. The number of pyridine rings is 1. The molecule has 1 aromatic heterocycles. The van der Waals surface area contributed by atoms with Crippen molar-refractivity contribution in [1.82, 2.24) is 4.57 Å². The van der Waals surface area contributed by atoms with Gasteiger partial charge < -0.3 is 9.67 Å². The van der Waals surface area contributed by atoms with E-state index in [1.54, 1.807) is 6.07 Å². The van der Waals surface area contributed by atoms with Gasteiger partial charge >= 0.3 is 0 Å². The third-order valence-corrected chi connectivity index (χ3v) is 4.72. The third kappa shape index (κ3) is 2.61. The van der Waals surface area contributed by atoms with Crippen molar-refractivity contribution in [3.05, 3.63) is 57.4 Å². The molecular weight excluding hydrogens is 274 g/mol. The molecule has 1 fully saturated rings. The van der Waals surface area contributed by atoms with Crippen LogP contribution in [0.3, 0.4) is 0 Å². The van der Waals surface area contributed by atoms with Gasteiger partial charge in [0.05, 0.1) is 12.3 Å². The first kappa shape index (κ1) is 15.0. The van der Waals surface area contributed by atoms with E-state index in [1.807, 2.05) is 10.6 Å². The fraction of sp³-hybridized carbons (Fsp3) is 0.421. The van der Waals surface area contributed by atoms with Gasteiger partial charge in [-0.05, 0) is 50.5 Å². The predicted octanol–water partition coefficient (Wildman–Crippen LogP) is 3.74. The van der Waals surface area contributed by atoms with E-state index in [1.165, 1.54) is 24.0 Å². The summed E-state index contributed by atoms with van der Waals surface area (Å²) < 4.78 is 1.93. The smallest absolute Gasteiger partial charge is 0.256 e. The predicted molar refractivity (Wildman–Crippen MR) is 89.0 cm³/mol. The van der Waals surface area contributed by atoms with Crippen LogP contribution in [0.1, 0.15) is 48.4 Å². The summed E-state index contributed by atoms with van der Waals surface area (Å²) in [4.78, 5) is 12.8. The number of rotatable bonds is 3. The second-order valence-corrected chi connectivity index (χ2v) is 6.33. The van der Waals surface area contributed by atoms with E-state index in [-0.39, 0.29) is 18.2 Å². The molecular formula is C19H23NO2. The van der Waals surface area contributed by atoms with Crippen LogP contribution in [-0.2, 0) is 6.61 Å². The second kappa shape index (κ2) is 6.09. The lowest BCUT2D eigenvalue weighted by Crippen LogP contribution is -2.28.